The molecular formula is C13H14ClN3OS. The van der Waals surface area contributed by atoms with Crippen LogP contribution >= 0.6 is 22.9 Å². The summed E-state index contributed by atoms with van der Waals surface area (Å²) in [6.07, 6.45) is 1.39. The van der Waals surface area contributed by atoms with Crippen molar-refractivity contribution in [3.63, 3.8) is 0 Å². The topological polar surface area (TPSA) is 68.0 Å². The molecule has 0 bridgehead atoms. The smallest absolute Gasteiger partial charge is 0.253 e. The molecule has 0 aromatic carbocycles. The van der Waals surface area contributed by atoms with Gasteiger partial charge in [0.25, 0.3) is 5.91 Å². The van der Waals surface area contributed by atoms with Crippen molar-refractivity contribution in [1.29, 1.82) is 0 Å². The van der Waals surface area contributed by atoms with Crippen LogP contribution in [-0.2, 0) is 6.54 Å². The Labute approximate surface area is 120 Å². The van der Waals surface area contributed by atoms with Crippen LogP contribution in [0.1, 0.15) is 25.7 Å². The highest BCUT2D eigenvalue weighted by Gasteiger charge is 2.11. The molecule has 0 saturated heterocycles. The lowest BCUT2D eigenvalue weighted by Gasteiger charge is -2.06. The minimum absolute atomic E-state index is 0.245. The molecule has 6 heteroatoms. The first-order valence-electron chi connectivity index (χ1n) is 5.72. The van der Waals surface area contributed by atoms with Crippen LogP contribution in [0.15, 0.2) is 18.3 Å². The highest BCUT2D eigenvalue weighted by molar-refractivity contribution is 7.12. The van der Waals surface area contributed by atoms with E-state index in [1.165, 1.54) is 22.7 Å². The number of nitrogens with zero attached hydrogens (tertiary/aromatic N) is 1. The van der Waals surface area contributed by atoms with Crippen molar-refractivity contribution < 1.29 is 4.79 Å². The van der Waals surface area contributed by atoms with Crippen LogP contribution in [0.3, 0.4) is 0 Å². The average molecular weight is 296 g/mol. The summed E-state index contributed by atoms with van der Waals surface area (Å²) in [6, 6.07) is 3.54. The van der Waals surface area contributed by atoms with Gasteiger partial charge in [0.15, 0.2) is 0 Å². The zero-order valence-corrected chi connectivity index (χ0v) is 12.2. The van der Waals surface area contributed by atoms with E-state index in [2.05, 4.69) is 30.2 Å². The summed E-state index contributed by atoms with van der Waals surface area (Å²) in [5, 5.41) is 3.08. The van der Waals surface area contributed by atoms with Gasteiger partial charge in [-0.15, -0.1) is 11.3 Å². The van der Waals surface area contributed by atoms with Gasteiger partial charge in [-0.3, -0.25) is 4.79 Å². The summed E-state index contributed by atoms with van der Waals surface area (Å²) in [5.74, 6) is -0.245. The number of carbonyl (C=O) groups is 1. The molecule has 0 unspecified atom stereocenters. The summed E-state index contributed by atoms with van der Waals surface area (Å²) < 4.78 is 0. The second kappa shape index (κ2) is 5.59. The number of nitrogens with two attached hydrogens (primary N) is 1. The third-order valence-electron chi connectivity index (χ3n) is 2.79. The first-order chi connectivity index (χ1) is 8.97. The van der Waals surface area contributed by atoms with E-state index in [4.69, 9.17) is 17.3 Å². The van der Waals surface area contributed by atoms with Crippen LogP contribution < -0.4 is 11.1 Å². The Hall–Kier alpha value is -1.59. The number of nitrogens with one attached hydrogen (secondary N) is 1. The van der Waals surface area contributed by atoms with E-state index in [1.807, 2.05) is 0 Å². The predicted octanol–water partition coefficient (Wildman–Crippen LogP) is 2.93. The van der Waals surface area contributed by atoms with E-state index >= 15 is 0 Å². The van der Waals surface area contributed by atoms with Crippen LogP contribution in [0.4, 0.5) is 5.69 Å². The van der Waals surface area contributed by atoms with Crippen molar-refractivity contribution in [3.05, 3.63) is 44.4 Å². The van der Waals surface area contributed by atoms with E-state index in [0.29, 0.717) is 17.8 Å². The quantitative estimate of drug-likeness (QED) is 0.856. The van der Waals surface area contributed by atoms with Gasteiger partial charge in [-0.25, -0.2) is 4.98 Å². The van der Waals surface area contributed by atoms with Gasteiger partial charge in [-0.2, -0.15) is 0 Å². The van der Waals surface area contributed by atoms with Crippen LogP contribution in [0, 0.1) is 13.8 Å². The van der Waals surface area contributed by atoms with Gasteiger partial charge in [0.1, 0.15) is 5.15 Å². The van der Waals surface area contributed by atoms with Crippen LogP contribution in [0.25, 0.3) is 0 Å². The van der Waals surface area contributed by atoms with Gasteiger partial charge in [0, 0.05) is 9.75 Å². The summed E-state index contributed by atoms with van der Waals surface area (Å²) in [4.78, 5) is 18.2. The number of hydrogen-bond acceptors (Lipinski definition) is 4. The molecule has 0 aliphatic heterocycles. The number of hydrogen-bond donors (Lipinski definition) is 2. The Morgan fingerprint density at radius 2 is 2.21 bits per heavy atom. The van der Waals surface area contributed by atoms with E-state index in [-0.39, 0.29) is 11.1 Å². The second-order valence-electron chi connectivity index (χ2n) is 4.23. The number of carbonyl (C=O) groups excluding carboxylic acids is 1. The van der Waals surface area contributed by atoms with Crippen LogP contribution in [-0.4, -0.2) is 10.9 Å². The minimum Gasteiger partial charge on any atom is -0.397 e. The van der Waals surface area contributed by atoms with Gasteiger partial charge in [0.2, 0.25) is 0 Å². The molecule has 2 aromatic rings. The molecular weight excluding hydrogens is 282 g/mol. The molecule has 100 valence electrons. The third kappa shape index (κ3) is 3.24. The standard InChI is InChI=1S/C13H14ClN3OS/c1-7-3-9(19-8(7)2)5-17-13(18)10-4-12(14)16-6-11(10)15/h3-4,6H,5,15H2,1-2H3,(H,17,18). The molecule has 0 aliphatic carbocycles. The minimum atomic E-state index is -0.245. The number of amides is 1. The maximum absolute atomic E-state index is 12.0. The number of pyridine rings is 1. The van der Waals surface area contributed by atoms with Gasteiger partial charge < -0.3 is 11.1 Å². The Balaban J connectivity index is 2.07. The molecule has 0 aliphatic rings. The maximum Gasteiger partial charge on any atom is 0.253 e. The second-order valence-corrected chi connectivity index (χ2v) is 5.96. The fourth-order valence-electron chi connectivity index (χ4n) is 1.64. The molecule has 2 aromatic heterocycles. The normalized spacial score (nSPS) is 10.5. The van der Waals surface area contributed by atoms with Crippen LogP contribution in [0.2, 0.25) is 5.15 Å². The number of anilines is 1. The van der Waals surface area contributed by atoms with Gasteiger partial charge in [-0.05, 0) is 31.5 Å². The maximum atomic E-state index is 12.0. The summed E-state index contributed by atoms with van der Waals surface area (Å²) >= 11 is 7.43. The summed E-state index contributed by atoms with van der Waals surface area (Å²) in [6.45, 7) is 4.60. The van der Waals surface area contributed by atoms with Crippen LogP contribution in [0.5, 0.6) is 0 Å². The molecule has 0 radical (unpaired) electrons. The first kappa shape index (κ1) is 13.8. The zero-order valence-electron chi connectivity index (χ0n) is 10.7. The van der Waals surface area contributed by atoms with Gasteiger partial charge >= 0.3 is 0 Å². The number of thiophene rings is 1. The Morgan fingerprint density at radius 1 is 1.47 bits per heavy atom. The van der Waals surface area contributed by atoms with Gasteiger partial charge in [0.05, 0.1) is 24.0 Å². The Morgan fingerprint density at radius 3 is 2.84 bits per heavy atom. The zero-order chi connectivity index (χ0) is 14.0. The highest BCUT2D eigenvalue weighted by Crippen LogP contribution is 2.21. The number of aromatic nitrogens is 1. The van der Waals surface area contributed by atoms with E-state index in [0.717, 1.165) is 4.88 Å². The number of rotatable bonds is 3. The van der Waals surface area contributed by atoms with Crippen molar-refractivity contribution >= 4 is 34.5 Å². The number of halogens is 1. The first-order valence-corrected chi connectivity index (χ1v) is 6.92. The average Bonchev–Trinajstić information content (AvgIpc) is 2.69. The number of nitrogen functional groups attached to an aromatic ring is 1. The molecule has 2 rings (SSSR count). The molecule has 0 saturated carbocycles. The van der Waals surface area contributed by atoms with Crippen molar-refractivity contribution in [2.45, 2.75) is 20.4 Å². The van der Waals surface area contributed by atoms with Crippen molar-refractivity contribution in [2.75, 3.05) is 5.73 Å². The number of aryl methyl sites for hydroxylation is 2. The fraction of sp³-hybridized carbons (Fsp3) is 0.231. The van der Waals surface area contributed by atoms with E-state index in [9.17, 15) is 4.79 Å². The third-order valence-corrected chi connectivity index (χ3v) is 4.15. The molecule has 2 heterocycles. The lowest BCUT2D eigenvalue weighted by Crippen LogP contribution is -2.23. The SMILES string of the molecule is Cc1cc(CNC(=O)c2cc(Cl)ncc2N)sc1C. The summed E-state index contributed by atoms with van der Waals surface area (Å²) in [7, 11) is 0. The molecule has 19 heavy (non-hydrogen) atoms. The molecule has 0 atom stereocenters. The van der Waals surface area contributed by atoms with Crippen molar-refractivity contribution in [1.82, 2.24) is 10.3 Å². The molecule has 3 N–H and O–H groups in total. The van der Waals surface area contributed by atoms with Gasteiger partial charge in [-0.1, -0.05) is 11.6 Å². The van der Waals surface area contributed by atoms with E-state index < -0.39 is 0 Å². The molecule has 0 fully saturated rings. The van der Waals surface area contributed by atoms with E-state index in [1.54, 1.807) is 11.3 Å². The Bertz CT molecular complexity index is 605. The molecule has 1 amide bonds. The molecule has 4 nitrogen and oxygen atoms in total. The Kier molecular flexibility index (Phi) is 4.07. The summed E-state index contributed by atoms with van der Waals surface area (Å²) in [5.41, 5.74) is 7.62. The monoisotopic (exact) mass is 295 g/mol. The van der Waals surface area contributed by atoms with Crippen molar-refractivity contribution in [3.8, 4) is 0 Å². The largest absolute Gasteiger partial charge is 0.397 e. The lowest BCUT2D eigenvalue weighted by molar-refractivity contribution is 0.0952. The predicted molar refractivity (Wildman–Crippen MR) is 78.6 cm³/mol. The highest BCUT2D eigenvalue weighted by atomic mass is 35.5. The molecule has 0 spiro atoms. The fourth-order valence-corrected chi connectivity index (χ4v) is 2.79. The lowest BCUT2D eigenvalue weighted by atomic mass is 10.2. The van der Waals surface area contributed by atoms with Crippen molar-refractivity contribution in [2.24, 2.45) is 0 Å².